The molecule has 0 atom stereocenters. The molecule has 0 aromatic carbocycles. The van der Waals surface area contributed by atoms with Gasteiger partial charge in [0.15, 0.2) is 0 Å². The first-order valence-corrected chi connectivity index (χ1v) is 8.59. The summed E-state index contributed by atoms with van der Waals surface area (Å²) in [7, 11) is 0. The van der Waals surface area contributed by atoms with E-state index in [2.05, 4.69) is 27.3 Å². The van der Waals surface area contributed by atoms with Crippen molar-refractivity contribution in [2.24, 2.45) is 5.41 Å². The summed E-state index contributed by atoms with van der Waals surface area (Å²) in [5.41, 5.74) is 0.625. The summed E-state index contributed by atoms with van der Waals surface area (Å²) in [5, 5.41) is 11.7. The van der Waals surface area contributed by atoms with Crippen LogP contribution in [0.25, 0.3) is 0 Å². The van der Waals surface area contributed by atoms with E-state index in [9.17, 15) is 0 Å². The molecule has 1 aliphatic heterocycles. The maximum Gasteiger partial charge on any atom is 0.318 e. The molecule has 0 unspecified atom stereocenters. The Morgan fingerprint density at radius 3 is 2.57 bits per heavy atom. The van der Waals surface area contributed by atoms with E-state index in [0.717, 1.165) is 26.1 Å². The van der Waals surface area contributed by atoms with Gasteiger partial charge < -0.3 is 14.6 Å². The lowest BCUT2D eigenvalue weighted by atomic mass is 9.68. The average Bonchev–Trinajstić information content (AvgIpc) is 2.98. The summed E-state index contributed by atoms with van der Waals surface area (Å²) in [5.74, 6) is 0.705. The Balaban J connectivity index is 1.52. The first-order valence-electron chi connectivity index (χ1n) is 8.59. The SMILES string of the molecule is CCCNCc1nnc(N2CCC3(CCCCC3)CC2)o1. The van der Waals surface area contributed by atoms with Crippen LogP contribution in [0.5, 0.6) is 0 Å². The summed E-state index contributed by atoms with van der Waals surface area (Å²) < 4.78 is 5.79. The van der Waals surface area contributed by atoms with Gasteiger partial charge in [-0.1, -0.05) is 31.3 Å². The molecule has 2 heterocycles. The Morgan fingerprint density at radius 2 is 1.86 bits per heavy atom. The number of nitrogens with zero attached hydrogens (tertiary/aromatic N) is 3. The zero-order valence-electron chi connectivity index (χ0n) is 13.2. The lowest BCUT2D eigenvalue weighted by Gasteiger charge is -2.43. The molecule has 1 N–H and O–H groups in total. The highest BCUT2D eigenvalue weighted by molar-refractivity contribution is 5.25. The molecule has 1 aromatic rings. The Hall–Kier alpha value is -1.10. The van der Waals surface area contributed by atoms with E-state index in [0.29, 0.717) is 23.9 Å². The second-order valence-corrected chi connectivity index (χ2v) is 6.70. The van der Waals surface area contributed by atoms with Crippen LogP contribution in [0.2, 0.25) is 0 Å². The van der Waals surface area contributed by atoms with Gasteiger partial charge in [-0.2, -0.15) is 0 Å². The molecule has 3 rings (SSSR count). The van der Waals surface area contributed by atoms with Gasteiger partial charge >= 0.3 is 6.01 Å². The third-order valence-electron chi connectivity index (χ3n) is 5.17. The van der Waals surface area contributed by atoms with Crippen molar-refractivity contribution in [2.45, 2.75) is 64.8 Å². The van der Waals surface area contributed by atoms with Crippen LogP contribution in [0.3, 0.4) is 0 Å². The number of rotatable bonds is 5. The summed E-state index contributed by atoms with van der Waals surface area (Å²) in [6.07, 6.45) is 10.8. The van der Waals surface area contributed by atoms with Crippen molar-refractivity contribution < 1.29 is 4.42 Å². The van der Waals surface area contributed by atoms with E-state index in [1.165, 1.54) is 44.9 Å². The summed E-state index contributed by atoms with van der Waals surface area (Å²) in [6.45, 7) is 5.97. The Labute approximate surface area is 127 Å². The van der Waals surface area contributed by atoms with Gasteiger partial charge in [0.25, 0.3) is 0 Å². The summed E-state index contributed by atoms with van der Waals surface area (Å²) >= 11 is 0. The minimum absolute atomic E-state index is 0.625. The molecule has 2 fully saturated rings. The van der Waals surface area contributed by atoms with Crippen molar-refractivity contribution in [1.82, 2.24) is 15.5 Å². The number of anilines is 1. The molecule has 0 amide bonds. The zero-order valence-corrected chi connectivity index (χ0v) is 13.2. The lowest BCUT2D eigenvalue weighted by Crippen LogP contribution is -2.41. The van der Waals surface area contributed by atoms with Gasteiger partial charge in [-0.3, -0.25) is 0 Å². The fourth-order valence-corrected chi connectivity index (χ4v) is 3.79. The van der Waals surface area contributed by atoms with Crippen LogP contribution in [0.1, 0.15) is 64.2 Å². The van der Waals surface area contributed by atoms with Crippen molar-refractivity contribution in [2.75, 3.05) is 24.5 Å². The van der Waals surface area contributed by atoms with Crippen LogP contribution in [-0.4, -0.2) is 29.8 Å². The molecule has 2 aliphatic rings. The minimum Gasteiger partial charge on any atom is -0.407 e. The van der Waals surface area contributed by atoms with Crippen LogP contribution in [-0.2, 0) is 6.54 Å². The average molecular weight is 292 g/mol. The molecule has 1 spiro atoms. The number of hydrogen-bond donors (Lipinski definition) is 1. The van der Waals surface area contributed by atoms with Gasteiger partial charge in [0.1, 0.15) is 0 Å². The lowest BCUT2D eigenvalue weighted by molar-refractivity contribution is 0.142. The van der Waals surface area contributed by atoms with Crippen LogP contribution in [0.15, 0.2) is 4.42 Å². The predicted molar refractivity (Wildman–Crippen MR) is 83.3 cm³/mol. The van der Waals surface area contributed by atoms with Crippen LogP contribution in [0, 0.1) is 5.41 Å². The molecule has 118 valence electrons. The van der Waals surface area contributed by atoms with Crippen molar-refractivity contribution in [3.05, 3.63) is 5.89 Å². The third-order valence-corrected chi connectivity index (χ3v) is 5.17. The smallest absolute Gasteiger partial charge is 0.318 e. The largest absolute Gasteiger partial charge is 0.407 e. The molecule has 5 heteroatoms. The fourth-order valence-electron chi connectivity index (χ4n) is 3.79. The standard InChI is InChI=1S/C16H28N4O/c1-2-10-17-13-14-18-19-15(21-14)20-11-8-16(9-12-20)6-4-3-5-7-16/h17H,2-13H2,1H3. The number of piperidine rings is 1. The third kappa shape index (κ3) is 3.57. The van der Waals surface area contributed by atoms with E-state index >= 15 is 0 Å². The quantitative estimate of drug-likeness (QED) is 0.845. The van der Waals surface area contributed by atoms with Crippen molar-refractivity contribution in [1.29, 1.82) is 0 Å². The molecule has 0 radical (unpaired) electrons. The normalized spacial score (nSPS) is 21.9. The molecular weight excluding hydrogens is 264 g/mol. The van der Waals surface area contributed by atoms with E-state index < -0.39 is 0 Å². The van der Waals surface area contributed by atoms with Gasteiger partial charge in [-0.05, 0) is 44.1 Å². The molecule has 1 aliphatic carbocycles. The summed E-state index contributed by atoms with van der Waals surface area (Å²) in [4.78, 5) is 2.27. The van der Waals surface area contributed by atoms with Crippen molar-refractivity contribution in [3.63, 3.8) is 0 Å². The maximum absolute atomic E-state index is 5.79. The van der Waals surface area contributed by atoms with Gasteiger partial charge in [0.05, 0.1) is 6.54 Å². The Morgan fingerprint density at radius 1 is 1.10 bits per heavy atom. The van der Waals surface area contributed by atoms with E-state index in [1.807, 2.05) is 0 Å². The second kappa shape index (κ2) is 6.77. The predicted octanol–water partition coefficient (Wildman–Crippen LogP) is 3.12. The maximum atomic E-state index is 5.79. The Bertz CT molecular complexity index is 429. The zero-order chi connectivity index (χ0) is 14.5. The first kappa shape index (κ1) is 14.8. The van der Waals surface area contributed by atoms with E-state index in [1.54, 1.807) is 0 Å². The van der Waals surface area contributed by atoms with Gasteiger partial charge in [0, 0.05) is 13.1 Å². The minimum atomic E-state index is 0.625. The van der Waals surface area contributed by atoms with E-state index in [4.69, 9.17) is 4.42 Å². The molecule has 21 heavy (non-hydrogen) atoms. The number of hydrogen-bond acceptors (Lipinski definition) is 5. The van der Waals surface area contributed by atoms with Crippen molar-refractivity contribution in [3.8, 4) is 0 Å². The fraction of sp³-hybridized carbons (Fsp3) is 0.875. The number of aromatic nitrogens is 2. The topological polar surface area (TPSA) is 54.2 Å². The van der Waals surface area contributed by atoms with Gasteiger partial charge in [-0.25, -0.2) is 0 Å². The van der Waals surface area contributed by atoms with Crippen molar-refractivity contribution >= 4 is 6.01 Å². The van der Waals surface area contributed by atoms with Crippen LogP contribution in [0.4, 0.5) is 6.01 Å². The van der Waals surface area contributed by atoms with Crippen LogP contribution < -0.4 is 10.2 Å². The van der Waals surface area contributed by atoms with E-state index in [-0.39, 0.29) is 0 Å². The van der Waals surface area contributed by atoms with Gasteiger partial charge in [-0.15, -0.1) is 5.10 Å². The highest BCUT2D eigenvalue weighted by Gasteiger charge is 2.36. The molecule has 1 aromatic heterocycles. The highest BCUT2D eigenvalue weighted by atomic mass is 16.4. The first-order chi connectivity index (χ1) is 10.3. The van der Waals surface area contributed by atoms with Crippen LogP contribution >= 0.6 is 0 Å². The van der Waals surface area contributed by atoms with Gasteiger partial charge in [0.2, 0.25) is 5.89 Å². The molecule has 1 saturated heterocycles. The molecule has 0 bridgehead atoms. The monoisotopic (exact) mass is 292 g/mol. The molecular formula is C16H28N4O. The number of nitrogens with one attached hydrogen (secondary N) is 1. The molecule has 5 nitrogen and oxygen atoms in total. The highest BCUT2D eigenvalue weighted by Crippen LogP contribution is 2.44. The molecule has 1 saturated carbocycles. The summed E-state index contributed by atoms with van der Waals surface area (Å²) in [6, 6.07) is 0.717. The Kier molecular flexibility index (Phi) is 4.78. The second-order valence-electron chi connectivity index (χ2n) is 6.70.